The van der Waals surface area contributed by atoms with Gasteiger partial charge in [-0.25, -0.2) is 0 Å². The molecule has 0 radical (unpaired) electrons. The van der Waals surface area contributed by atoms with Gasteiger partial charge in [-0.2, -0.15) is 0 Å². The van der Waals surface area contributed by atoms with E-state index in [2.05, 4.69) is 10.2 Å². The zero-order valence-corrected chi connectivity index (χ0v) is 11.9. The summed E-state index contributed by atoms with van der Waals surface area (Å²) in [7, 11) is 0. The smallest absolute Gasteiger partial charge is 0.211 e. The molecule has 0 atom stereocenters. The zero-order valence-electron chi connectivity index (χ0n) is 11.2. The first kappa shape index (κ1) is 13.6. The minimum absolute atomic E-state index is 0.0271. The second-order valence-electron chi connectivity index (χ2n) is 5.10. The number of hydrogen-bond acceptors (Lipinski definition) is 4. The standard InChI is InChI=1S/C15H17ClN2O2/c16-12-2-3-14-11(8-12)9-15(20-14)13(19)10-18-6-1-4-17-5-7-18/h2-3,8-9,17H,1,4-7,10H2. The quantitative estimate of drug-likeness (QED) is 0.883. The molecule has 2 heterocycles. The van der Waals surface area contributed by atoms with E-state index in [4.69, 9.17) is 16.0 Å². The lowest BCUT2D eigenvalue weighted by Crippen LogP contribution is -2.32. The van der Waals surface area contributed by atoms with E-state index >= 15 is 0 Å². The molecule has 2 aromatic rings. The van der Waals surface area contributed by atoms with Crippen LogP contribution in [0.4, 0.5) is 0 Å². The van der Waals surface area contributed by atoms with Crippen molar-refractivity contribution in [1.82, 2.24) is 10.2 Å². The highest BCUT2D eigenvalue weighted by Gasteiger charge is 2.17. The predicted octanol–water partition coefficient (Wildman–Crippen LogP) is 2.56. The molecule has 0 spiro atoms. The van der Waals surface area contributed by atoms with Crippen molar-refractivity contribution in [2.24, 2.45) is 0 Å². The van der Waals surface area contributed by atoms with E-state index < -0.39 is 0 Å². The largest absolute Gasteiger partial charge is 0.453 e. The molecule has 0 aliphatic carbocycles. The minimum Gasteiger partial charge on any atom is -0.453 e. The summed E-state index contributed by atoms with van der Waals surface area (Å²) in [5.74, 6) is 0.443. The third-order valence-corrected chi connectivity index (χ3v) is 3.79. The highest BCUT2D eigenvalue weighted by molar-refractivity contribution is 6.31. The maximum absolute atomic E-state index is 12.3. The van der Waals surface area contributed by atoms with Gasteiger partial charge in [-0.1, -0.05) is 11.6 Å². The number of Topliss-reactive ketones (excluding diaryl/α,β-unsaturated/α-hetero) is 1. The molecule has 1 aromatic heterocycles. The summed E-state index contributed by atoms with van der Waals surface area (Å²) in [5, 5.41) is 4.85. The number of nitrogens with zero attached hydrogens (tertiary/aromatic N) is 1. The molecule has 4 nitrogen and oxygen atoms in total. The zero-order chi connectivity index (χ0) is 13.9. The average molecular weight is 293 g/mol. The maximum Gasteiger partial charge on any atom is 0.211 e. The van der Waals surface area contributed by atoms with E-state index in [0.717, 1.165) is 38.0 Å². The fraction of sp³-hybridized carbons (Fsp3) is 0.400. The Kier molecular flexibility index (Phi) is 4.05. The van der Waals surface area contributed by atoms with Gasteiger partial charge in [0.15, 0.2) is 5.76 Å². The summed E-state index contributed by atoms with van der Waals surface area (Å²) in [6, 6.07) is 7.15. The van der Waals surface area contributed by atoms with Gasteiger partial charge in [0.2, 0.25) is 5.78 Å². The number of rotatable bonds is 3. The molecule has 1 aliphatic rings. The lowest BCUT2D eigenvalue weighted by atomic mass is 10.2. The van der Waals surface area contributed by atoms with E-state index in [9.17, 15) is 4.79 Å². The molecule has 1 aromatic carbocycles. The van der Waals surface area contributed by atoms with Crippen LogP contribution in [-0.2, 0) is 0 Å². The van der Waals surface area contributed by atoms with Crippen LogP contribution < -0.4 is 5.32 Å². The number of carbonyl (C=O) groups is 1. The third-order valence-electron chi connectivity index (χ3n) is 3.55. The Bertz CT molecular complexity index is 615. The van der Waals surface area contributed by atoms with Crippen LogP contribution >= 0.6 is 11.6 Å². The fourth-order valence-electron chi connectivity index (χ4n) is 2.49. The number of nitrogens with one attached hydrogen (secondary N) is 1. The number of carbonyl (C=O) groups excluding carboxylic acids is 1. The van der Waals surface area contributed by atoms with Crippen LogP contribution in [0.15, 0.2) is 28.7 Å². The van der Waals surface area contributed by atoms with Crippen molar-refractivity contribution in [3.05, 3.63) is 35.0 Å². The molecule has 5 heteroatoms. The number of halogens is 1. The van der Waals surface area contributed by atoms with Crippen molar-refractivity contribution < 1.29 is 9.21 Å². The summed E-state index contributed by atoms with van der Waals surface area (Å²) in [5.41, 5.74) is 0.704. The number of ketones is 1. The molecule has 0 amide bonds. The minimum atomic E-state index is 0.0271. The second-order valence-corrected chi connectivity index (χ2v) is 5.53. The van der Waals surface area contributed by atoms with Gasteiger partial charge in [-0.05, 0) is 43.8 Å². The van der Waals surface area contributed by atoms with Gasteiger partial charge in [0.25, 0.3) is 0 Å². The molecule has 0 saturated carbocycles. The monoisotopic (exact) mass is 292 g/mol. The molecular formula is C15H17ClN2O2. The Hall–Kier alpha value is -1.36. The van der Waals surface area contributed by atoms with Gasteiger partial charge in [-0.15, -0.1) is 0 Å². The molecule has 20 heavy (non-hydrogen) atoms. The van der Waals surface area contributed by atoms with Crippen LogP contribution in [0.25, 0.3) is 11.0 Å². The number of benzene rings is 1. The normalized spacial score (nSPS) is 17.2. The Balaban J connectivity index is 1.74. The Labute approximate surface area is 122 Å². The van der Waals surface area contributed by atoms with Gasteiger partial charge in [0.1, 0.15) is 5.58 Å². The first-order valence-electron chi connectivity index (χ1n) is 6.88. The summed E-state index contributed by atoms with van der Waals surface area (Å²) < 4.78 is 5.61. The van der Waals surface area contributed by atoms with Crippen molar-refractivity contribution in [1.29, 1.82) is 0 Å². The molecule has 1 aliphatic heterocycles. The van der Waals surface area contributed by atoms with Crippen molar-refractivity contribution in [2.45, 2.75) is 6.42 Å². The van der Waals surface area contributed by atoms with Gasteiger partial charge in [0, 0.05) is 23.5 Å². The first-order chi connectivity index (χ1) is 9.72. The van der Waals surface area contributed by atoms with E-state index in [-0.39, 0.29) is 5.78 Å². The van der Waals surface area contributed by atoms with Crippen molar-refractivity contribution in [3.8, 4) is 0 Å². The van der Waals surface area contributed by atoms with E-state index in [1.165, 1.54) is 0 Å². The maximum atomic E-state index is 12.3. The van der Waals surface area contributed by atoms with Crippen LogP contribution in [-0.4, -0.2) is 43.4 Å². The predicted molar refractivity (Wildman–Crippen MR) is 79.5 cm³/mol. The van der Waals surface area contributed by atoms with E-state index in [0.29, 0.717) is 22.9 Å². The molecule has 3 rings (SSSR count). The van der Waals surface area contributed by atoms with Crippen LogP contribution in [0.1, 0.15) is 17.0 Å². The first-order valence-corrected chi connectivity index (χ1v) is 7.25. The number of fused-ring (bicyclic) bond motifs is 1. The molecule has 0 bridgehead atoms. The number of hydrogen-bond donors (Lipinski definition) is 1. The second kappa shape index (κ2) is 5.95. The van der Waals surface area contributed by atoms with Crippen LogP contribution in [0.2, 0.25) is 5.02 Å². The van der Waals surface area contributed by atoms with Crippen LogP contribution in [0, 0.1) is 0 Å². The van der Waals surface area contributed by atoms with E-state index in [1.807, 2.05) is 6.07 Å². The van der Waals surface area contributed by atoms with Crippen molar-refractivity contribution >= 4 is 28.4 Å². The number of furan rings is 1. The lowest BCUT2D eigenvalue weighted by molar-refractivity contribution is 0.0910. The molecule has 0 unspecified atom stereocenters. The van der Waals surface area contributed by atoms with Crippen molar-refractivity contribution in [2.75, 3.05) is 32.7 Å². The lowest BCUT2D eigenvalue weighted by Gasteiger charge is -2.17. The van der Waals surface area contributed by atoms with Gasteiger partial charge in [0.05, 0.1) is 6.54 Å². The average Bonchev–Trinajstić information content (AvgIpc) is 2.68. The Morgan fingerprint density at radius 3 is 3.10 bits per heavy atom. The van der Waals surface area contributed by atoms with Gasteiger partial charge < -0.3 is 9.73 Å². The fourth-order valence-corrected chi connectivity index (χ4v) is 2.67. The molecule has 1 saturated heterocycles. The topological polar surface area (TPSA) is 45.5 Å². The Morgan fingerprint density at radius 2 is 2.20 bits per heavy atom. The Morgan fingerprint density at radius 1 is 1.30 bits per heavy atom. The highest BCUT2D eigenvalue weighted by atomic mass is 35.5. The summed E-state index contributed by atoms with van der Waals surface area (Å²) >= 11 is 5.94. The summed E-state index contributed by atoms with van der Waals surface area (Å²) in [6.45, 7) is 4.22. The SMILES string of the molecule is O=C(CN1CCCNCC1)c1cc2cc(Cl)ccc2o1. The van der Waals surface area contributed by atoms with Crippen LogP contribution in [0.3, 0.4) is 0 Å². The summed E-state index contributed by atoms with van der Waals surface area (Å²) in [4.78, 5) is 14.5. The highest BCUT2D eigenvalue weighted by Crippen LogP contribution is 2.23. The molecular weight excluding hydrogens is 276 g/mol. The molecule has 106 valence electrons. The molecule has 1 N–H and O–H groups in total. The van der Waals surface area contributed by atoms with Gasteiger partial charge >= 0.3 is 0 Å². The third kappa shape index (κ3) is 3.03. The summed E-state index contributed by atoms with van der Waals surface area (Å²) in [6.07, 6.45) is 1.07. The van der Waals surface area contributed by atoms with E-state index in [1.54, 1.807) is 18.2 Å². The van der Waals surface area contributed by atoms with Crippen LogP contribution in [0.5, 0.6) is 0 Å². The van der Waals surface area contributed by atoms with Crippen molar-refractivity contribution in [3.63, 3.8) is 0 Å². The molecule has 1 fully saturated rings. The van der Waals surface area contributed by atoms with Gasteiger partial charge in [-0.3, -0.25) is 9.69 Å².